The van der Waals surface area contributed by atoms with Crippen molar-refractivity contribution < 1.29 is 24.6 Å². The predicted octanol–water partition coefficient (Wildman–Crippen LogP) is 0.700. The fourth-order valence-electron chi connectivity index (χ4n) is 2.28. The van der Waals surface area contributed by atoms with Crippen LogP contribution in [0.1, 0.15) is 19.3 Å². The maximum Gasteiger partial charge on any atom is 0.414 e. The van der Waals surface area contributed by atoms with Crippen LogP contribution in [0.5, 0.6) is 0 Å². The zero-order chi connectivity index (χ0) is 13.9. The average Bonchev–Trinajstić information content (AvgIpc) is 2.56. The second-order valence-electron chi connectivity index (χ2n) is 4.20. The first kappa shape index (κ1) is 14.7. The topological polar surface area (TPSA) is 94.9 Å². The molecule has 0 saturated carbocycles. The van der Waals surface area contributed by atoms with E-state index >= 15 is 0 Å². The Morgan fingerprint density at radius 3 is 2.33 bits per heavy atom. The van der Waals surface area contributed by atoms with Gasteiger partial charge in [0.1, 0.15) is 6.29 Å². The highest BCUT2D eigenvalue weighted by atomic mass is 35.5. The van der Waals surface area contributed by atoms with Gasteiger partial charge in [0, 0.05) is 22.7 Å². The summed E-state index contributed by atoms with van der Waals surface area (Å²) in [7, 11) is 2.08. The molecule has 2 rings (SSSR count). The van der Waals surface area contributed by atoms with Crippen molar-refractivity contribution in [2.24, 2.45) is 0 Å². The summed E-state index contributed by atoms with van der Waals surface area (Å²) >= 11 is 6.00. The van der Waals surface area contributed by atoms with E-state index in [1.54, 1.807) is 0 Å². The molecule has 2 unspecified atom stereocenters. The Bertz CT molecular complexity index is 394. The third kappa shape index (κ3) is 3.08. The summed E-state index contributed by atoms with van der Waals surface area (Å²) in [5.41, 5.74) is 0.813. The van der Waals surface area contributed by atoms with E-state index in [1.807, 2.05) is 0 Å². The minimum atomic E-state index is -1.82. The maximum atomic E-state index is 10.7. The molecule has 2 bridgehead atoms. The van der Waals surface area contributed by atoms with Crippen molar-refractivity contribution in [3.05, 3.63) is 10.6 Å². The van der Waals surface area contributed by atoms with Crippen LogP contribution in [-0.2, 0) is 14.4 Å². The van der Waals surface area contributed by atoms with E-state index < -0.39 is 11.9 Å². The fourth-order valence-corrected chi connectivity index (χ4v) is 2.63. The van der Waals surface area contributed by atoms with Crippen LogP contribution >= 0.6 is 11.6 Å². The van der Waals surface area contributed by atoms with E-state index in [1.165, 1.54) is 6.42 Å². The van der Waals surface area contributed by atoms with Crippen LogP contribution in [0.4, 0.5) is 0 Å². The third-order valence-corrected chi connectivity index (χ3v) is 3.61. The van der Waals surface area contributed by atoms with Gasteiger partial charge in [-0.05, 0) is 26.3 Å². The van der Waals surface area contributed by atoms with E-state index in [9.17, 15) is 4.79 Å². The highest BCUT2D eigenvalue weighted by molar-refractivity contribution is 6.31. The number of hydrogen-bond acceptors (Lipinski definition) is 4. The lowest BCUT2D eigenvalue weighted by molar-refractivity contribution is -0.159. The molecule has 2 atom stereocenters. The summed E-state index contributed by atoms with van der Waals surface area (Å²) in [5, 5.41) is 15.6. The molecule has 18 heavy (non-hydrogen) atoms. The minimum absolute atomic E-state index is 0.300. The second-order valence-corrected chi connectivity index (χ2v) is 4.66. The molecule has 0 amide bonds. The summed E-state index contributed by atoms with van der Waals surface area (Å²) in [5.74, 6) is -3.65. The molecule has 0 aromatic rings. The molecular formula is C11H14ClNO5. The molecule has 0 radical (unpaired) electrons. The highest BCUT2D eigenvalue weighted by Gasteiger charge is 2.38. The average molecular weight is 276 g/mol. The largest absolute Gasteiger partial charge is 0.473 e. The fraction of sp³-hybridized carbons (Fsp3) is 0.545. The highest BCUT2D eigenvalue weighted by Crippen LogP contribution is 2.38. The number of aldehydes is 1. The molecule has 2 aliphatic rings. The Balaban J connectivity index is 0.000000232. The number of nitrogens with zero attached hydrogens (tertiary/aromatic N) is 1. The normalized spacial score (nSPS) is 26.3. The Hall–Kier alpha value is -1.40. The minimum Gasteiger partial charge on any atom is -0.473 e. The van der Waals surface area contributed by atoms with Crippen LogP contribution < -0.4 is 0 Å². The molecule has 0 aromatic heterocycles. The van der Waals surface area contributed by atoms with E-state index in [2.05, 4.69) is 11.9 Å². The Morgan fingerprint density at radius 2 is 1.89 bits per heavy atom. The molecule has 1 fully saturated rings. The predicted molar refractivity (Wildman–Crippen MR) is 63.4 cm³/mol. The quantitative estimate of drug-likeness (QED) is 0.540. The van der Waals surface area contributed by atoms with Crippen molar-refractivity contribution in [1.29, 1.82) is 0 Å². The van der Waals surface area contributed by atoms with Crippen molar-refractivity contribution in [2.75, 3.05) is 7.05 Å². The van der Waals surface area contributed by atoms with E-state index in [0.717, 1.165) is 29.7 Å². The number of carboxylic acid groups (broad SMARTS) is 2. The van der Waals surface area contributed by atoms with Gasteiger partial charge in [-0.3, -0.25) is 9.69 Å². The molecule has 0 aromatic carbocycles. The molecule has 7 heteroatoms. The lowest BCUT2D eigenvalue weighted by Crippen LogP contribution is -2.37. The summed E-state index contributed by atoms with van der Waals surface area (Å²) in [4.78, 5) is 31.2. The molecular weight excluding hydrogens is 262 g/mol. The van der Waals surface area contributed by atoms with E-state index in [-0.39, 0.29) is 0 Å². The molecule has 6 nitrogen and oxygen atoms in total. The van der Waals surface area contributed by atoms with Gasteiger partial charge in [0.25, 0.3) is 0 Å². The smallest absolute Gasteiger partial charge is 0.414 e. The number of fused-ring (bicyclic) bond motifs is 2. The van der Waals surface area contributed by atoms with Gasteiger partial charge in [-0.1, -0.05) is 11.6 Å². The van der Waals surface area contributed by atoms with Gasteiger partial charge in [-0.25, -0.2) is 9.59 Å². The molecule has 2 N–H and O–H groups in total. The number of hydrogen-bond donors (Lipinski definition) is 2. The standard InChI is InChI=1S/C9H12ClNO.C2H2O4/c1-11-6-2-3-9(11)7(5-12)8(10)4-6;3-1(4)2(5)6/h5-6,9H,2-4H2,1H3;(H,3,4)(H,5,6). The van der Waals surface area contributed by atoms with Crippen molar-refractivity contribution in [3.8, 4) is 0 Å². The summed E-state index contributed by atoms with van der Waals surface area (Å²) in [6.07, 6.45) is 4.05. The lowest BCUT2D eigenvalue weighted by Gasteiger charge is -2.31. The van der Waals surface area contributed by atoms with Gasteiger partial charge in [0.2, 0.25) is 0 Å². The number of aliphatic carboxylic acids is 2. The number of likely N-dealkylation sites (N-methyl/N-ethyl adjacent to an activating group) is 1. The van der Waals surface area contributed by atoms with Crippen molar-refractivity contribution in [2.45, 2.75) is 31.3 Å². The SMILES string of the molecule is CN1C2CCC1C(C=O)=C(Cl)C2.O=C(O)C(=O)O. The third-order valence-electron chi connectivity index (χ3n) is 3.24. The molecule has 0 spiro atoms. The molecule has 2 heterocycles. The zero-order valence-corrected chi connectivity index (χ0v) is 10.6. The van der Waals surface area contributed by atoms with Crippen molar-refractivity contribution >= 4 is 29.8 Å². The molecule has 1 saturated heterocycles. The van der Waals surface area contributed by atoms with Crippen LogP contribution in [0, 0.1) is 0 Å². The Labute approximate surface area is 109 Å². The molecule has 100 valence electrons. The van der Waals surface area contributed by atoms with E-state index in [4.69, 9.17) is 31.4 Å². The number of carbonyl (C=O) groups is 3. The van der Waals surface area contributed by atoms with Crippen molar-refractivity contribution in [1.82, 2.24) is 4.90 Å². The van der Waals surface area contributed by atoms with Crippen LogP contribution in [0.2, 0.25) is 0 Å². The van der Waals surface area contributed by atoms with Crippen LogP contribution in [0.25, 0.3) is 0 Å². The lowest BCUT2D eigenvalue weighted by atomic mass is 10.0. The monoisotopic (exact) mass is 275 g/mol. The number of halogens is 1. The second kappa shape index (κ2) is 5.97. The first-order chi connectivity index (χ1) is 8.38. The first-order valence-corrected chi connectivity index (χ1v) is 5.78. The number of carbonyl (C=O) groups excluding carboxylic acids is 1. The zero-order valence-electron chi connectivity index (χ0n) is 9.80. The number of rotatable bonds is 1. The van der Waals surface area contributed by atoms with Gasteiger partial charge < -0.3 is 10.2 Å². The van der Waals surface area contributed by atoms with Crippen LogP contribution in [-0.4, -0.2) is 52.5 Å². The van der Waals surface area contributed by atoms with Gasteiger partial charge in [-0.2, -0.15) is 0 Å². The Morgan fingerprint density at radius 1 is 1.33 bits per heavy atom. The number of carboxylic acids is 2. The maximum absolute atomic E-state index is 10.7. The van der Waals surface area contributed by atoms with Crippen LogP contribution in [0.3, 0.4) is 0 Å². The summed E-state index contributed by atoms with van der Waals surface area (Å²) in [6.45, 7) is 0. The van der Waals surface area contributed by atoms with Gasteiger partial charge in [-0.15, -0.1) is 0 Å². The molecule has 2 aliphatic heterocycles. The van der Waals surface area contributed by atoms with Crippen LogP contribution in [0.15, 0.2) is 10.6 Å². The Kier molecular flexibility index (Phi) is 4.86. The summed E-state index contributed by atoms with van der Waals surface area (Å²) < 4.78 is 0. The summed E-state index contributed by atoms with van der Waals surface area (Å²) in [6, 6.07) is 0.875. The van der Waals surface area contributed by atoms with Gasteiger partial charge >= 0.3 is 11.9 Å². The molecule has 0 aliphatic carbocycles. The van der Waals surface area contributed by atoms with E-state index in [0.29, 0.717) is 12.1 Å². The van der Waals surface area contributed by atoms with Crippen molar-refractivity contribution in [3.63, 3.8) is 0 Å². The van der Waals surface area contributed by atoms with Gasteiger partial charge in [0.05, 0.1) is 0 Å². The first-order valence-electron chi connectivity index (χ1n) is 5.40. The van der Waals surface area contributed by atoms with Gasteiger partial charge in [0.15, 0.2) is 0 Å².